The molecular weight excluding hydrogens is 363 g/mol. The highest BCUT2D eigenvalue weighted by Crippen LogP contribution is 2.25. The van der Waals surface area contributed by atoms with E-state index in [-0.39, 0.29) is 5.69 Å². The molecule has 0 aromatic heterocycles. The maximum Gasteiger partial charge on any atom is 0.403 e. The highest BCUT2D eigenvalue weighted by Gasteiger charge is 2.41. The number of aliphatic imine (C=N–C) groups is 1. The van der Waals surface area contributed by atoms with Crippen molar-refractivity contribution in [2.75, 3.05) is 32.7 Å². The van der Waals surface area contributed by atoms with E-state index in [1.807, 2.05) is 11.8 Å². The molecule has 1 N–H and O–H groups in total. The molecule has 10 heteroatoms. The summed E-state index contributed by atoms with van der Waals surface area (Å²) in [5, 5.41) is 13.8. The Morgan fingerprint density at radius 3 is 2.33 bits per heavy atom. The van der Waals surface area contributed by atoms with Crippen LogP contribution in [0.15, 0.2) is 29.3 Å². The number of halogens is 3. The third-order valence-electron chi connectivity index (χ3n) is 4.53. The van der Waals surface area contributed by atoms with Crippen LogP contribution in [-0.4, -0.2) is 65.6 Å². The smallest absolute Gasteiger partial charge is 0.357 e. The Bertz CT molecular complexity index is 656. The zero-order chi connectivity index (χ0) is 20.0. The van der Waals surface area contributed by atoms with Gasteiger partial charge in [-0.3, -0.25) is 15.0 Å². The van der Waals surface area contributed by atoms with Gasteiger partial charge in [0, 0.05) is 44.9 Å². The molecular formula is C17H24F3N5O2. The predicted molar refractivity (Wildman–Crippen MR) is 96.6 cm³/mol. The second-order valence-corrected chi connectivity index (χ2v) is 6.33. The van der Waals surface area contributed by atoms with Gasteiger partial charge in [0.05, 0.1) is 11.5 Å². The molecule has 0 bridgehead atoms. The Morgan fingerprint density at radius 1 is 1.26 bits per heavy atom. The number of rotatable bonds is 5. The van der Waals surface area contributed by atoms with Gasteiger partial charge in [-0.1, -0.05) is 12.1 Å². The summed E-state index contributed by atoms with van der Waals surface area (Å²) >= 11 is 0. The van der Waals surface area contributed by atoms with Crippen molar-refractivity contribution < 1.29 is 18.1 Å². The molecule has 0 saturated carbocycles. The third kappa shape index (κ3) is 5.81. The molecule has 1 heterocycles. The van der Waals surface area contributed by atoms with Crippen molar-refractivity contribution in [3.05, 3.63) is 39.9 Å². The molecule has 0 aliphatic carbocycles. The lowest BCUT2D eigenvalue weighted by atomic mass is 10.2. The maximum atomic E-state index is 12.9. The van der Waals surface area contributed by atoms with Gasteiger partial charge in [-0.25, -0.2) is 4.99 Å². The Labute approximate surface area is 156 Å². The number of nitrogens with one attached hydrogen (secondary N) is 1. The van der Waals surface area contributed by atoms with E-state index in [1.165, 1.54) is 24.0 Å². The molecule has 0 spiro atoms. The van der Waals surface area contributed by atoms with Gasteiger partial charge >= 0.3 is 6.18 Å². The first-order valence-corrected chi connectivity index (χ1v) is 8.79. The van der Waals surface area contributed by atoms with E-state index in [4.69, 9.17) is 0 Å². The van der Waals surface area contributed by atoms with Crippen molar-refractivity contribution >= 4 is 11.6 Å². The van der Waals surface area contributed by atoms with Gasteiger partial charge in [0.15, 0.2) is 5.96 Å². The van der Waals surface area contributed by atoms with E-state index in [1.54, 1.807) is 12.1 Å². The second-order valence-electron chi connectivity index (χ2n) is 6.33. The number of guanidine groups is 1. The van der Waals surface area contributed by atoms with Gasteiger partial charge in [-0.05, 0) is 19.4 Å². The Morgan fingerprint density at radius 2 is 1.85 bits per heavy atom. The number of hydrogen-bond acceptors (Lipinski definition) is 4. The van der Waals surface area contributed by atoms with Crippen LogP contribution in [0.2, 0.25) is 0 Å². The quantitative estimate of drug-likeness (QED) is 0.364. The fourth-order valence-corrected chi connectivity index (χ4v) is 2.84. The number of benzene rings is 1. The van der Waals surface area contributed by atoms with Crippen LogP contribution in [0.1, 0.15) is 19.4 Å². The lowest BCUT2D eigenvalue weighted by molar-refractivity contribution is -0.384. The lowest BCUT2D eigenvalue weighted by Gasteiger charge is -2.39. The van der Waals surface area contributed by atoms with Crippen molar-refractivity contribution in [1.82, 2.24) is 15.1 Å². The van der Waals surface area contributed by atoms with Crippen molar-refractivity contribution in [3.63, 3.8) is 0 Å². The molecule has 1 fully saturated rings. The van der Waals surface area contributed by atoms with Crippen LogP contribution in [0, 0.1) is 10.1 Å². The van der Waals surface area contributed by atoms with E-state index in [2.05, 4.69) is 10.3 Å². The van der Waals surface area contributed by atoms with Crippen LogP contribution in [0.5, 0.6) is 0 Å². The Hall–Kier alpha value is -2.36. The van der Waals surface area contributed by atoms with Gasteiger partial charge in [-0.15, -0.1) is 0 Å². The van der Waals surface area contributed by atoms with E-state index in [9.17, 15) is 23.3 Å². The summed E-state index contributed by atoms with van der Waals surface area (Å²) in [7, 11) is 0. The molecule has 1 aliphatic heterocycles. The fraction of sp³-hybridized carbons (Fsp3) is 0.588. The van der Waals surface area contributed by atoms with Crippen molar-refractivity contribution in [2.24, 2.45) is 4.99 Å². The Kier molecular flexibility index (Phi) is 7.00. The van der Waals surface area contributed by atoms with Gasteiger partial charge in [0.1, 0.15) is 6.04 Å². The zero-order valence-corrected chi connectivity index (χ0v) is 15.4. The van der Waals surface area contributed by atoms with E-state index in [0.29, 0.717) is 45.2 Å². The number of nitro benzene ring substituents is 1. The van der Waals surface area contributed by atoms with E-state index in [0.717, 1.165) is 5.56 Å². The zero-order valence-electron chi connectivity index (χ0n) is 15.4. The molecule has 150 valence electrons. The van der Waals surface area contributed by atoms with Crippen LogP contribution in [0.25, 0.3) is 0 Å². The molecule has 1 saturated heterocycles. The number of non-ortho nitro benzene ring substituents is 1. The molecule has 1 aliphatic rings. The topological polar surface area (TPSA) is 74.0 Å². The highest BCUT2D eigenvalue weighted by atomic mass is 19.4. The first kappa shape index (κ1) is 20.9. The summed E-state index contributed by atoms with van der Waals surface area (Å²) in [4.78, 5) is 18.1. The minimum atomic E-state index is -4.23. The van der Waals surface area contributed by atoms with E-state index < -0.39 is 17.1 Å². The maximum absolute atomic E-state index is 12.9. The van der Waals surface area contributed by atoms with Gasteiger partial charge in [0.2, 0.25) is 0 Å². The molecule has 0 radical (unpaired) electrons. The summed E-state index contributed by atoms with van der Waals surface area (Å²) in [5.41, 5.74) is 0.838. The van der Waals surface area contributed by atoms with E-state index >= 15 is 0 Å². The van der Waals surface area contributed by atoms with Crippen LogP contribution in [0.3, 0.4) is 0 Å². The van der Waals surface area contributed by atoms with Crippen LogP contribution in [-0.2, 0) is 6.54 Å². The number of hydrogen-bond donors (Lipinski definition) is 1. The second kappa shape index (κ2) is 9.03. The van der Waals surface area contributed by atoms with Crippen LogP contribution >= 0.6 is 0 Å². The highest BCUT2D eigenvalue weighted by molar-refractivity contribution is 5.80. The molecule has 1 unspecified atom stereocenters. The molecule has 27 heavy (non-hydrogen) atoms. The minimum Gasteiger partial charge on any atom is -0.357 e. The average Bonchev–Trinajstić information content (AvgIpc) is 2.64. The monoisotopic (exact) mass is 387 g/mol. The normalized spacial score (nSPS) is 17.7. The lowest BCUT2D eigenvalue weighted by Crippen LogP contribution is -2.56. The molecule has 2 rings (SSSR count). The van der Waals surface area contributed by atoms with Crippen molar-refractivity contribution in [1.29, 1.82) is 0 Å². The number of piperazine rings is 1. The van der Waals surface area contributed by atoms with Crippen molar-refractivity contribution in [2.45, 2.75) is 32.6 Å². The summed E-state index contributed by atoms with van der Waals surface area (Å²) in [6.07, 6.45) is -4.23. The van der Waals surface area contributed by atoms with Gasteiger partial charge in [0.25, 0.3) is 5.69 Å². The van der Waals surface area contributed by atoms with Crippen LogP contribution in [0.4, 0.5) is 18.9 Å². The summed E-state index contributed by atoms with van der Waals surface area (Å²) in [5.74, 6) is 0.634. The number of alkyl halides is 3. The first-order valence-electron chi connectivity index (χ1n) is 8.79. The largest absolute Gasteiger partial charge is 0.403 e. The number of nitrogens with zero attached hydrogens (tertiary/aromatic N) is 4. The molecule has 1 aromatic rings. The summed E-state index contributed by atoms with van der Waals surface area (Å²) in [6.45, 7) is 5.59. The fourth-order valence-electron chi connectivity index (χ4n) is 2.84. The third-order valence-corrected chi connectivity index (χ3v) is 4.53. The first-order chi connectivity index (χ1) is 12.7. The van der Waals surface area contributed by atoms with Gasteiger partial charge in [-0.2, -0.15) is 13.2 Å². The molecule has 0 amide bonds. The standard InChI is InChI=1S/C17H24F3N5O2/c1-3-21-16(22-12-14-4-6-15(7-5-14)25(26)27)24-10-8-23(9-11-24)13(2)17(18,19)20/h4-7,13H,3,8-12H2,1-2H3,(H,21,22). The van der Waals surface area contributed by atoms with Crippen LogP contribution < -0.4 is 5.32 Å². The molecule has 7 nitrogen and oxygen atoms in total. The number of nitro groups is 1. The summed E-state index contributed by atoms with van der Waals surface area (Å²) in [6, 6.07) is 4.69. The van der Waals surface area contributed by atoms with Crippen molar-refractivity contribution in [3.8, 4) is 0 Å². The molecule has 1 aromatic carbocycles. The minimum absolute atomic E-state index is 0.0181. The Balaban J connectivity index is 1.98. The average molecular weight is 387 g/mol. The van der Waals surface area contributed by atoms with Gasteiger partial charge < -0.3 is 10.2 Å². The predicted octanol–water partition coefficient (Wildman–Crippen LogP) is 2.63. The molecule has 1 atom stereocenters. The summed E-state index contributed by atoms with van der Waals surface area (Å²) < 4.78 is 38.6. The SMILES string of the molecule is CCNC(=NCc1ccc([N+](=O)[O-])cc1)N1CCN(C(C)C(F)(F)F)CC1.